The monoisotopic (exact) mass is 246 g/mol. The third kappa shape index (κ3) is 2.42. The summed E-state index contributed by atoms with van der Waals surface area (Å²) in [5, 5.41) is 0. The molecule has 0 radical (unpaired) electrons. The normalized spacial score (nSPS) is 10.3. The Balaban J connectivity index is 2.29. The highest BCUT2D eigenvalue weighted by atomic mass is 16.3. The molecule has 0 fully saturated rings. The quantitative estimate of drug-likeness (QED) is 0.838. The molecule has 0 aliphatic rings. The summed E-state index contributed by atoms with van der Waals surface area (Å²) in [5.74, 6) is 0.508. The largest absolute Gasteiger partial charge is 0.467 e. The van der Waals surface area contributed by atoms with Crippen LogP contribution in [0.4, 0.5) is 11.5 Å². The van der Waals surface area contributed by atoms with E-state index in [2.05, 4.69) is 4.98 Å². The number of aromatic nitrogens is 1. The van der Waals surface area contributed by atoms with Crippen LogP contribution in [-0.2, 0) is 6.54 Å². The SMILES string of the molecule is CN(Cc1ccco1)c1cnc(N)cc1C(N)=O. The number of furan rings is 1. The second kappa shape index (κ2) is 4.79. The standard InChI is InChI=1S/C12H14N4O2/c1-16(7-8-3-2-4-18-8)10-6-15-11(13)5-9(10)12(14)17/h2-6H,7H2,1H3,(H2,13,15)(H2,14,17). The number of pyridine rings is 1. The number of primary amides is 1. The van der Waals surface area contributed by atoms with E-state index in [4.69, 9.17) is 15.9 Å². The molecular formula is C12H14N4O2. The van der Waals surface area contributed by atoms with Crippen molar-refractivity contribution in [2.45, 2.75) is 6.54 Å². The fourth-order valence-corrected chi connectivity index (χ4v) is 1.69. The molecule has 1 amide bonds. The Morgan fingerprint density at radius 3 is 2.94 bits per heavy atom. The van der Waals surface area contributed by atoms with Gasteiger partial charge < -0.3 is 20.8 Å². The minimum Gasteiger partial charge on any atom is -0.467 e. The van der Waals surface area contributed by atoms with Gasteiger partial charge in [0.2, 0.25) is 0 Å². The van der Waals surface area contributed by atoms with Gasteiger partial charge in [0.25, 0.3) is 5.91 Å². The van der Waals surface area contributed by atoms with Crippen molar-refractivity contribution >= 4 is 17.4 Å². The van der Waals surface area contributed by atoms with Gasteiger partial charge >= 0.3 is 0 Å². The van der Waals surface area contributed by atoms with Crippen LogP contribution in [0, 0.1) is 0 Å². The zero-order chi connectivity index (χ0) is 13.1. The highest BCUT2D eigenvalue weighted by molar-refractivity contribution is 5.99. The first-order chi connectivity index (χ1) is 8.58. The van der Waals surface area contributed by atoms with Crippen molar-refractivity contribution in [3.8, 4) is 0 Å². The molecular weight excluding hydrogens is 232 g/mol. The summed E-state index contributed by atoms with van der Waals surface area (Å²) in [7, 11) is 1.82. The highest BCUT2D eigenvalue weighted by Crippen LogP contribution is 2.21. The molecule has 0 unspecified atom stereocenters. The molecule has 2 heterocycles. The topological polar surface area (TPSA) is 98.4 Å². The maximum absolute atomic E-state index is 11.4. The molecule has 94 valence electrons. The first-order valence-electron chi connectivity index (χ1n) is 5.37. The summed E-state index contributed by atoms with van der Waals surface area (Å²) in [5.41, 5.74) is 11.8. The van der Waals surface area contributed by atoms with Gasteiger partial charge in [-0.15, -0.1) is 0 Å². The molecule has 18 heavy (non-hydrogen) atoms. The van der Waals surface area contributed by atoms with Crippen LogP contribution in [0.3, 0.4) is 0 Å². The molecule has 2 aromatic heterocycles. The molecule has 2 rings (SSSR count). The van der Waals surface area contributed by atoms with Crippen LogP contribution >= 0.6 is 0 Å². The van der Waals surface area contributed by atoms with Crippen molar-refractivity contribution in [3.05, 3.63) is 42.0 Å². The van der Waals surface area contributed by atoms with Gasteiger partial charge in [0.15, 0.2) is 0 Å². The summed E-state index contributed by atoms with van der Waals surface area (Å²) in [6.07, 6.45) is 3.12. The van der Waals surface area contributed by atoms with E-state index in [0.717, 1.165) is 5.76 Å². The lowest BCUT2D eigenvalue weighted by atomic mass is 10.2. The second-order valence-corrected chi connectivity index (χ2v) is 3.93. The van der Waals surface area contributed by atoms with E-state index in [1.54, 1.807) is 12.3 Å². The van der Waals surface area contributed by atoms with Crippen LogP contribution in [0.5, 0.6) is 0 Å². The van der Waals surface area contributed by atoms with Crippen molar-refractivity contribution in [1.29, 1.82) is 0 Å². The number of hydrogen-bond acceptors (Lipinski definition) is 5. The van der Waals surface area contributed by atoms with Gasteiger partial charge in [-0.25, -0.2) is 4.98 Å². The molecule has 0 aliphatic carbocycles. The Labute approximate surface area is 104 Å². The summed E-state index contributed by atoms with van der Waals surface area (Å²) < 4.78 is 5.25. The molecule has 0 aliphatic heterocycles. The van der Waals surface area contributed by atoms with Crippen molar-refractivity contribution < 1.29 is 9.21 Å². The predicted octanol–water partition coefficient (Wildman–Crippen LogP) is 0.992. The van der Waals surface area contributed by atoms with Gasteiger partial charge in [0.1, 0.15) is 11.6 Å². The van der Waals surface area contributed by atoms with E-state index in [1.165, 1.54) is 12.3 Å². The van der Waals surface area contributed by atoms with Gasteiger partial charge in [-0.3, -0.25) is 4.79 Å². The molecule has 0 atom stereocenters. The number of rotatable bonds is 4. The van der Waals surface area contributed by atoms with Gasteiger partial charge in [0.05, 0.1) is 30.3 Å². The van der Waals surface area contributed by atoms with Crippen molar-refractivity contribution in [3.63, 3.8) is 0 Å². The van der Waals surface area contributed by atoms with E-state index < -0.39 is 5.91 Å². The molecule has 2 aromatic rings. The summed E-state index contributed by atoms with van der Waals surface area (Å²) >= 11 is 0. The minimum atomic E-state index is -0.537. The third-order valence-corrected chi connectivity index (χ3v) is 2.55. The number of carbonyl (C=O) groups excluding carboxylic acids is 1. The number of hydrogen-bond donors (Lipinski definition) is 2. The third-order valence-electron chi connectivity index (χ3n) is 2.55. The molecule has 0 aromatic carbocycles. The summed E-state index contributed by atoms with van der Waals surface area (Å²) in [4.78, 5) is 17.2. The number of amides is 1. The fraction of sp³-hybridized carbons (Fsp3) is 0.167. The smallest absolute Gasteiger partial charge is 0.251 e. The molecule has 0 saturated carbocycles. The van der Waals surface area contributed by atoms with Gasteiger partial charge in [-0.2, -0.15) is 0 Å². The van der Waals surface area contributed by atoms with Gasteiger partial charge in [-0.1, -0.05) is 0 Å². The number of nitrogen functional groups attached to an aromatic ring is 1. The lowest BCUT2D eigenvalue weighted by molar-refractivity contribution is 0.100. The van der Waals surface area contributed by atoms with Gasteiger partial charge in [-0.05, 0) is 18.2 Å². The Bertz CT molecular complexity index is 551. The minimum absolute atomic E-state index is 0.263. The zero-order valence-corrected chi connectivity index (χ0v) is 9.96. The average molecular weight is 246 g/mol. The van der Waals surface area contributed by atoms with E-state index >= 15 is 0 Å². The maximum atomic E-state index is 11.4. The number of nitrogens with two attached hydrogens (primary N) is 2. The number of nitrogens with zero attached hydrogens (tertiary/aromatic N) is 2. The molecule has 4 N–H and O–H groups in total. The Morgan fingerprint density at radius 1 is 1.56 bits per heavy atom. The van der Waals surface area contributed by atoms with E-state index in [1.807, 2.05) is 18.0 Å². The van der Waals surface area contributed by atoms with Crippen molar-refractivity contribution in [1.82, 2.24) is 4.98 Å². The fourth-order valence-electron chi connectivity index (χ4n) is 1.69. The van der Waals surface area contributed by atoms with Crippen molar-refractivity contribution in [2.75, 3.05) is 17.7 Å². The molecule has 6 heteroatoms. The Hall–Kier alpha value is -2.50. The number of anilines is 2. The van der Waals surface area contributed by atoms with E-state index in [9.17, 15) is 4.79 Å². The predicted molar refractivity (Wildman–Crippen MR) is 68.0 cm³/mol. The Morgan fingerprint density at radius 2 is 2.33 bits per heavy atom. The number of carbonyl (C=O) groups is 1. The van der Waals surface area contributed by atoms with Crippen LogP contribution in [0.25, 0.3) is 0 Å². The Kier molecular flexibility index (Phi) is 3.18. The van der Waals surface area contributed by atoms with Crippen molar-refractivity contribution in [2.24, 2.45) is 5.73 Å². The van der Waals surface area contributed by atoms with E-state index in [0.29, 0.717) is 17.8 Å². The molecule has 6 nitrogen and oxygen atoms in total. The first kappa shape index (κ1) is 12.0. The lowest BCUT2D eigenvalue weighted by Crippen LogP contribution is -2.22. The highest BCUT2D eigenvalue weighted by Gasteiger charge is 2.14. The maximum Gasteiger partial charge on any atom is 0.251 e. The summed E-state index contributed by atoms with van der Waals surface area (Å²) in [6.45, 7) is 0.513. The van der Waals surface area contributed by atoms with Crippen LogP contribution < -0.4 is 16.4 Å². The van der Waals surface area contributed by atoms with Crippen LogP contribution in [-0.4, -0.2) is 17.9 Å². The molecule has 0 spiro atoms. The zero-order valence-electron chi connectivity index (χ0n) is 9.96. The molecule has 0 saturated heterocycles. The summed E-state index contributed by atoms with van der Waals surface area (Å²) in [6, 6.07) is 5.13. The van der Waals surface area contributed by atoms with Crippen LogP contribution in [0.15, 0.2) is 35.1 Å². The van der Waals surface area contributed by atoms with Crippen LogP contribution in [0.2, 0.25) is 0 Å². The van der Waals surface area contributed by atoms with Crippen LogP contribution in [0.1, 0.15) is 16.1 Å². The lowest BCUT2D eigenvalue weighted by Gasteiger charge is -2.20. The first-order valence-corrected chi connectivity index (χ1v) is 5.37. The second-order valence-electron chi connectivity index (χ2n) is 3.93. The van der Waals surface area contributed by atoms with Gasteiger partial charge in [0, 0.05) is 7.05 Å². The average Bonchev–Trinajstić information content (AvgIpc) is 2.81. The van der Waals surface area contributed by atoms with E-state index in [-0.39, 0.29) is 5.82 Å². The molecule has 0 bridgehead atoms.